The van der Waals surface area contributed by atoms with Gasteiger partial charge in [0.05, 0.1) is 0 Å². The topological polar surface area (TPSA) is 49.3 Å². The molecule has 0 atom stereocenters. The van der Waals surface area contributed by atoms with Crippen LogP contribution in [0.3, 0.4) is 0 Å². The number of aliphatic hydroxyl groups is 1. The van der Waals surface area contributed by atoms with E-state index in [-0.39, 0.29) is 11.3 Å². The van der Waals surface area contributed by atoms with Crippen molar-refractivity contribution in [1.29, 1.82) is 0 Å². The van der Waals surface area contributed by atoms with E-state index in [1.165, 1.54) is 0 Å². The molecule has 1 aromatic rings. The normalized spacial score (nSPS) is 22.5. The van der Waals surface area contributed by atoms with Gasteiger partial charge in [-0.15, -0.1) is 0 Å². The largest absolute Gasteiger partial charge is 0.380 e. The van der Waals surface area contributed by atoms with Gasteiger partial charge in [-0.2, -0.15) is 0 Å². The number of hydrogen-bond acceptors (Lipinski definition) is 2. The van der Waals surface area contributed by atoms with Crippen LogP contribution < -0.4 is 5.32 Å². The van der Waals surface area contributed by atoms with Gasteiger partial charge < -0.3 is 10.4 Å². The fraction of sp³-hybridized carbons (Fsp3) is 0.562. The molecule has 0 radical (unpaired) electrons. The molecule has 1 aromatic carbocycles. The van der Waals surface area contributed by atoms with E-state index in [0.29, 0.717) is 19.4 Å². The highest BCUT2D eigenvalue weighted by molar-refractivity contribution is 6.31. The molecule has 3 nitrogen and oxygen atoms in total. The van der Waals surface area contributed by atoms with Crippen molar-refractivity contribution in [2.75, 3.05) is 6.54 Å². The molecule has 2 saturated carbocycles. The third-order valence-electron chi connectivity index (χ3n) is 4.74. The third-order valence-corrected chi connectivity index (χ3v) is 5.07. The van der Waals surface area contributed by atoms with Gasteiger partial charge in [0.2, 0.25) is 0 Å². The maximum absolute atomic E-state index is 12.2. The zero-order valence-electron chi connectivity index (χ0n) is 11.5. The molecule has 0 aliphatic heterocycles. The minimum absolute atomic E-state index is 0.0248. The van der Waals surface area contributed by atoms with Gasteiger partial charge in [0.1, 0.15) is 5.60 Å². The molecule has 3 rings (SSSR count). The van der Waals surface area contributed by atoms with Crippen molar-refractivity contribution in [3.05, 3.63) is 34.9 Å². The number of benzene rings is 1. The van der Waals surface area contributed by atoms with Crippen molar-refractivity contribution in [2.24, 2.45) is 0 Å². The Morgan fingerprint density at radius 2 is 1.85 bits per heavy atom. The van der Waals surface area contributed by atoms with Gasteiger partial charge in [0.15, 0.2) is 0 Å². The Morgan fingerprint density at radius 1 is 1.20 bits per heavy atom. The summed E-state index contributed by atoms with van der Waals surface area (Å²) in [6, 6.07) is 7.82. The monoisotopic (exact) mass is 293 g/mol. The molecule has 0 heterocycles. The fourth-order valence-corrected chi connectivity index (χ4v) is 3.52. The lowest BCUT2D eigenvalue weighted by Gasteiger charge is -2.24. The smallest absolute Gasteiger partial charge is 0.251 e. The first-order valence-corrected chi connectivity index (χ1v) is 7.69. The van der Waals surface area contributed by atoms with Gasteiger partial charge in [-0.25, -0.2) is 0 Å². The average molecular weight is 294 g/mol. The summed E-state index contributed by atoms with van der Waals surface area (Å²) in [4.78, 5) is 12.2. The van der Waals surface area contributed by atoms with Crippen molar-refractivity contribution >= 4 is 17.5 Å². The van der Waals surface area contributed by atoms with Crippen LogP contribution in [-0.2, 0) is 10.2 Å². The number of amides is 1. The van der Waals surface area contributed by atoms with E-state index in [2.05, 4.69) is 5.32 Å². The molecule has 0 aromatic heterocycles. The number of carbonyl (C=O) groups excluding carboxylic acids is 1. The number of carbonyl (C=O) groups is 1. The van der Waals surface area contributed by atoms with Crippen LogP contribution in [0.5, 0.6) is 0 Å². The Labute approximate surface area is 124 Å². The Morgan fingerprint density at radius 3 is 2.45 bits per heavy atom. The molecular weight excluding hydrogens is 274 g/mol. The average Bonchev–Trinajstić information content (AvgIpc) is 3.10. The molecule has 2 fully saturated rings. The van der Waals surface area contributed by atoms with Crippen molar-refractivity contribution in [1.82, 2.24) is 5.32 Å². The second kappa shape index (κ2) is 5.05. The first-order chi connectivity index (χ1) is 9.56. The molecule has 0 unspecified atom stereocenters. The summed E-state index contributed by atoms with van der Waals surface area (Å²) in [5.74, 6) is -0.215. The van der Waals surface area contributed by atoms with E-state index in [1.807, 2.05) is 24.3 Å². The van der Waals surface area contributed by atoms with Crippen LogP contribution in [0.25, 0.3) is 0 Å². The van der Waals surface area contributed by atoms with Crippen LogP contribution in [-0.4, -0.2) is 23.2 Å². The minimum atomic E-state index is -1.14. The highest BCUT2D eigenvalue weighted by Crippen LogP contribution is 2.50. The lowest BCUT2D eigenvalue weighted by molar-refractivity contribution is -0.139. The lowest BCUT2D eigenvalue weighted by atomic mass is 9.95. The summed E-state index contributed by atoms with van der Waals surface area (Å²) in [7, 11) is 0. The van der Waals surface area contributed by atoms with Gasteiger partial charge in [-0.05, 0) is 50.2 Å². The van der Waals surface area contributed by atoms with E-state index >= 15 is 0 Å². The second-order valence-corrected chi connectivity index (χ2v) is 6.59. The first-order valence-electron chi connectivity index (χ1n) is 7.32. The predicted octanol–water partition coefficient (Wildman–Crippen LogP) is 2.79. The highest BCUT2D eigenvalue weighted by Gasteiger charge is 2.47. The van der Waals surface area contributed by atoms with Crippen molar-refractivity contribution in [3.63, 3.8) is 0 Å². The molecule has 0 spiro atoms. The van der Waals surface area contributed by atoms with Crippen LogP contribution in [0.15, 0.2) is 24.3 Å². The van der Waals surface area contributed by atoms with Crippen LogP contribution in [0.2, 0.25) is 5.02 Å². The van der Waals surface area contributed by atoms with Crippen LogP contribution >= 0.6 is 11.6 Å². The summed E-state index contributed by atoms with van der Waals surface area (Å²) < 4.78 is 0. The summed E-state index contributed by atoms with van der Waals surface area (Å²) in [5.41, 5.74) is -0.0557. The van der Waals surface area contributed by atoms with E-state index in [0.717, 1.165) is 36.3 Å². The minimum Gasteiger partial charge on any atom is -0.380 e. The molecule has 108 valence electrons. The summed E-state index contributed by atoms with van der Waals surface area (Å²) in [6.07, 6.45) is 5.10. The zero-order valence-corrected chi connectivity index (χ0v) is 12.2. The van der Waals surface area contributed by atoms with Crippen molar-refractivity contribution in [3.8, 4) is 0 Å². The number of nitrogens with one attached hydrogen (secondary N) is 1. The molecule has 1 amide bonds. The van der Waals surface area contributed by atoms with Gasteiger partial charge in [-0.3, -0.25) is 4.79 Å². The number of hydrogen-bond donors (Lipinski definition) is 2. The van der Waals surface area contributed by atoms with Gasteiger partial charge in [0.25, 0.3) is 5.91 Å². The first kappa shape index (κ1) is 13.9. The van der Waals surface area contributed by atoms with E-state index in [1.54, 1.807) is 0 Å². The number of halogens is 1. The summed E-state index contributed by atoms with van der Waals surface area (Å²) in [6.45, 7) is 0.567. The van der Waals surface area contributed by atoms with Crippen molar-refractivity contribution in [2.45, 2.75) is 49.5 Å². The van der Waals surface area contributed by atoms with E-state index in [4.69, 9.17) is 11.6 Å². The lowest BCUT2D eigenvalue weighted by Crippen LogP contribution is -2.47. The van der Waals surface area contributed by atoms with Gasteiger partial charge in [0, 0.05) is 17.0 Å². The Balaban J connectivity index is 1.67. The van der Waals surface area contributed by atoms with Crippen LogP contribution in [0.4, 0.5) is 0 Å². The molecule has 20 heavy (non-hydrogen) atoms. The molecular formula is C16H20ClNO2. The fourth-order valence-electron chi connectivity index (χ4n) is 3.18. The summed E-state index contributed by atoms with van der Waals surface area (Å²) in [5, 5.41) is 14.0. The second-order valence-electron chi connectivity index (χ2n) is 6.18. The Bertz CT molecular complexity index is 519. The quantitative estimate of drug-likeness (QED) is 0.897. The molecule has 4 heteroatoms. The van der Waals surface area contributed by atoms with Crippen LogP contribution in [0.1, 0.15) is 44.1 Å². The molecule has 2 aliphatic carbocycles. The molecule has 0 bridgehead atoms. The van der Waals surface area contributed by atoms with Crippen LogP contribution in [0, 0.1) is 0 Å². The Hall–Kier alpha value is -1.06. The van der Waals surface area contributed by atoms with Crippen molar-refractivity contribution < 1.29 is 9.90 Å². The standard InChI is InChI=1S/C16H20ClNO2/c17-13-6-2-1-5-12(13)15(9-10-15)11-18-14(19)16(20)7-3-4-8-16/h1-2,5-6,20H,3-4,7-11H2,(H,18,19). The van der Waals surface area contributed by atoms with E-state index in [9.17, 15) is 9.90 Å². The van der Waals surface area contributed by atoms with E-state index < -0.39 is 5.60 Å². The zero-order chi connectivity index (χ0) is 14.2. The maximum atomic E-state index is 12.2. The SMILES string of the molecule is O=C(NCC1(c2ccccc2Cl)CC1)C1(O)CCCC1. The Kier molecular flexibility index (Phi) is 3.51. The molecule has 2 N–H and O–H groups in total. The van der Waals surface area contributed by atoms with Gasteiger partial charge >= 0.3 is 0 Å². The maximum Gasteiger partial charge on any atom is 0.251 e. The summed E-state index contributed by atoms with van der Waals surface area (Å²) >= 11 is 6.26. The number of rotatable bonds is 4. The predicted molar refractivity (Wildman–Crippen MR) is 78.8 cm³/mol. The third kappa shape index (κ3) is 2.45. The molecule has 0 saturated heterocycles. The van der Waals surface area contributed by atoms with Gasteiger partial charge in [-0.1, -0.05) is 29.8 Å². The molecule has 2 aliphatic rings. The highest BCUT2D eigenvalue weighted by atomic mass is 35.5.